The van der Waals surface area contributed by atoms with Crippen molar-refractivity contribution >= 4 is 69.8 Å². The summed E-state index contributed by atoms with van der Waals surface area (Å²) in [6, 6.07) is 15.4. The Hall–Kier alpha value is -2.04. The molecule has 0 saturated heterocycles. The van der Waals surface area contributed by atoms with E-state index >= 15 is 0 Å². The Kier molecular flexibility index (Phi) is 8.79. The molecule has 3 aromatic rings. The number of nitriles is 1. The van der Waals surface area contributed by atoms with E-state index in [-0.39, 0.29) is 0 Å². The van der Waals surface area contributed by atoms with E-state index in [1.54, 1.807) is 16.8 Å². The number of benzene rings is 2. The van der Waals surface area contributed by atoms with Gasteiger partial charge in [0.05, 0.1) is 21.8 Å². The van der Waals surface area contributed by atoms with E-state index in [9.17, 15) is 5.26 Å². The SMILES string of the molecule is N#Cc1c(SCc2ccccc2)nn(-c2c(Cl)cc(Cl)cc2Cl)c1NCCCN=C=S. The summed E-state index contributed by atoms with van der Waals surface area (Å²) in [5.74, 6) is 1.17. The fourth-order valence-electron chi connectivity index (χ4n) is 2.80. The highest BCUT2D eigenvalue weighted by molar-refractivity contribution is 7.98. The van der Waals surface area contributed by atoms with E-state index in [0.29, 0.717) is 62.4 Å². The lowest BCUT2D eigenvalue weighted by Crippen LogP contribution is -2.10. The molecule has 31 heavy (non-hydrogen) atoms. The first kappa shape index (κ1) is 23.6. The molecular formula is C21H16Cl3N5S2. The lowest BCUT2D eigenvalue weighted by molar-refractivity contribution is 0.820. The highest BCUT2D eigenvalue weighted by atomic mass is 35.5. The Morgan fingerprint density at radius 3 is 2.52 bits per heavy atom. The van der Waals surface area contributed by atoms with Gasteiger partial charge in [0, 0.05) is 17.3 Å². The van der Waals surface area contributed by atoms with Crippen LogP contribution in [0, 0.1) is 11.3 Å². The van der Waals surface area contributed by atoms with Crippen LogP contribution in [0.1, 0.15) is 17.5 Å². The maximum atomic E-state index is 9.89. The van der Waals surface area contributed by atoms with Crippen molar-refractivity contribution in [1.82, 2.24) is 9.78 Å². The topological polar surface area (TPSA) is 66.0 Å². The first-order valence-electron chi connectivity index (χ1n) is 9.17. The normalized spacial score (nSPS) is 10.4. The van der Waals surface area contributed by atoms with Crippen molar-refractivity contribution in [2.75, 3.05) is 18.4 Å². The fraction of sp³-hybridized carbons (Fsp3) is 0.190. The molecule has 0 aliphatic rings. The summed E-state index contributed by atoms with van der Waals surface area (Å²) in [6.07, 6.45) is 0.703. The molecule has 0 aliphatic heterocycles. The highest BCUT2D eigenvalue weighted by Crippen LogP contribution is 2.37. The zero-order chi connectivity index (χ0) is 22.2. The van der Waals surface area contributed by atoms with E-state index in [1.165, 1.54) is 11.8 Å². The molecule has 1 N–H and O–H groups in total. The van der Waals surface area contributed by atoms with Gasteiger partial charge in [0.25, 0.3) is 0 Å². The summed E-state index contributed by atoms with van der Waals surface area (Å²) in [5.41, 5.74) is 2.00. The lowest BCUT2D eigenvalue weighted by atomic mass is 10.2. The van der Waals surface area contributed by atoms with Crippen molar-refractivity contribution in [1.29, 1.82) is 5.26 Å². The second-order valence-corrected chi connectivity index (χ2v) is 8.70. The van der Waals surface area contributed by atoms with Crippen LogP contribution in [0.15, 0.2) is 52.5 Å². The van der Waals surface area contributed by atoms with E-state index < -0.39 is 0 Å². The Morgan fingerprint density at radius 2 is 1.87 bits per heavy atom. The molecule has 0 unspecified atom stereocenters. The molecule has 2 aromatic carbocycles. The zero-order valence-electron chi connectivity index (χ0n) is 16.1. The number of hydrogen-bond acceptors (Lipinski definition) is 6. The van der Waals surface area contributed by atoms with Gasteiger partial charge < -0.3 is 5.32 Å². The molecule has 0 bridgehead atoms. The summed E-state index contributed by atoms with van der Waals surface area (Å²) < 4.78 is 1.56. The zero-order valence-corrected chi connectivity index (χ0v) is 20.0. The van der Waals surface area contributed by atoms with Gasteiger partial charge in [-0.25, -0.2) is 9.67 Å². The second kappa shape index (κ2) is 11.5. The quantitative estimate of drug-likeness (QED) is 0.147. The van der Waals surface area contributed by atoms with Crippen LogP contribution in [-0.2, 0) is 5.75 Å². The molecule has 1 aromatic heterocycles. The molecule has 0 spiro atoms. The molecule has 0 amide bonds. The largest absolute Gasteiger partial charge is 0.369 e. The van der Waals surface area contributed by atoms with Crippen LogP contribution >= 0.6 is 58.8 Å². The van der Waals surface area contributed by atoms with Gasteiger partial charge in [0.2, 0.25) is 0 Å². The molecule has 0 saturated carbocycles. The maximum absolute atomic E-state index is 9.89. The summed E-state index contributed by atoms with van der Waals surface area (Å²) in [4.78, 5) is 3.91. The summed E-state index contributed by atoms with van der Waals surface area (Å²) >= 11 is 25.0. The molecule has 158 valence electrons. The highest BCUT2D eigenvalue weighted by Gasteiger charge is 2.22. The molecule has 10 heteroatoms. The second-order valence-electron chi connectivity index (χ2n) is 6.30. The maximum Gasteiger partial charge on any atom is 0.149 e. The van der Waals surface area contributed by atoms with E-state index in [2.05, 4.69) is 38.9 Å². The first-order valence-corrected chi connectivity index (χ1v) is 11.7. The summed E-state index contributed by atoms with van der Waals surface area (Å²) in [7, 11) is 0. The number of thiocarbonyl (C=S) groups is 1. The number of halogens is 3. The van der Waals surface area contributed by atoms with Crippen LogP contribution in [0.4, 0.5) is 5.82 Å². The third-order valence-corrected chi connectivity index (χ3v) is 6.14. The summed E-state index contributed by atoms with van der Waals surface area (Å²) in [5, 5.41) is 21.8. The molecule has 0 fully saturated rings. The van der Waals surface area contributed by atoms with Gasteiger partial charge in [-0.15, -0.1) is 0 Å². The molecular weight excluding hydrogens is 493 g/mol. The minimum atomic E-state index is 0.331. The van der Waals surface area contributed by atoms with Gasteiger partial charge in [0.1, 0.15) is 28.2 Å². The fourth-order valence-corrected chi connectivity index (χ4v) is 4.79. The predicted octanol–water partition coefficient (Wildman–Crippen LogP) is 6.90. The van der Waals surface area contributed by atoms with Crippen molar-refractivity contribution in [3.8, 4) is 11.8 Å². The van der Waals surface area contributed by atoms with E-state index in [1.807, 2.05) is 30.3 Å². The van der Waals surface area contributed by atoms with Crippen LogP contribution in [0.2, 0.25) is 15.1 Å². The third-order valence-electron chi connectivity index (χ3n) is 4.18. The van der Waals surface area contributed by atoms with E-state index in [0.717, 1.165) is 5.56 Å². The van der Waals surface area contributed by atoms with Crippen LogP contribution in [0.25, 0.3) is 5.69 Å². The monoisotopic (exact) mass is 507 g/mol. The van der Waals surface area contributed by atoms with Crippen molar-refractivity contribution in [2.45, 2.75) is 17.2 Å². The van der Waals surface area contributed by atoms with Gasteiger partial charge >= 0.3 is 0 Å². The standard InChI is InChI=1S/C21H16Cl3N5S2/c22-15-9-17(23)19(18(24)10-15)29-20(27-8-4-7-26-13-30)16(11-25)21(28-29)31-12-14-5-2-1-3-6-14/h1-3,5-6,9-10,27H,4,7-8,12H2. The van der Waals surface area contributed by atoms with Gasteiger partial charge in [-0.2, -0.15) is 10.4 Å². The third kappa shape index (κ3) is 6.02. The number of nitrogens with zero attached hydrogens (tertiary/aromatic N) is 4. The number of isothiocyanates is 1. The molecule has 5 nitrogen and oxygen atoms in total. The van der Waals surface area contributed by atoms with Crippen molar-refractivity contribution in [3.63, 3.8) is 0 Å². The van der Waals surface area contributed by atoms with Crippen LogP contribution < -0.4 is 5.32 Å². The molecule has 0 radical (unpaired) electrons. The summed E-state index contributed by atoms with van der Waals surface area (Å²) in [6.45, 7) is 1.08. The van der Waals surface area contributed by atoms with Crippen molar-refractivity contribution in [3.05, 3.63) is 68.7 Å². The number of aliphatic imine (C=N–C) groups is 1. The number of anilines is 1. The van der Waals surface area contributed by atoms with Crippen molar-refractivity contribution in [2.24, 2.45) is 4.99 Å². The van der Waals surface area contributed by atoms with Gasteiger partial charge in [-0.05, 0) is 36.3 Å². The van der Waals surface area contributed by atoms with Gasteiger partial charge in [0.15, 0.2) is 0 Å². The van der Waals surface area contributed by atoms with Gasteiger partial charge in [-0.3, -0.25) is 0 Å². The minimum Gasteiger partial charge on any atom is -0.369 e. The first-order chi connectivity index (χ1) is 15.0. The number of thioether (sulfide) groups is 1. The molecule has 1 heterocycles. The minimum absolute atomic E-state index is 0.331. The van der Waals surface area contributed by atoms with Crippen molar-refractivity contribution < 1.29 is 0 Å². The smallest absolute Gasteiger partial charge is 0.149 e. The average Bonchev–Trinajstić information content (AvgIpc) is 3.09. The predicted molar refractivity (Wildman–Crippen MR) is 132 cm³/mol. The van der Waals surface area contributed by atoms with E-state index in [4.69, 9.17) is 34.8 Å². The van der Waals surface area contributed by atoms with Crippen LogP contribution in [0.3, 0.4) is 0 Å². The Labute approximate surface area is 205 Å². The van der Waals surface area contributed by atoms with Crippen LogP contribution in [-0.4, -0.2) is 28.0 Å². The van der Waals surface area contributed by atoms with Gasteiger partial charge in [-0.1, -0.05) is 76.9 Å². The Morgan fingerprint density at radius 1 is 1.16 bits per heavy atom. The average molecular weight is 509 g/mol. The molecule has 3 rings (SSSR count). The number of nitrogens with one attached hydrogen (secondary N) is 1. The number of aromatic nitrogens is 2. The number of hydrogen-bond donors (Lipinski definition) is 1. The molecule has 0 atom stereocenters. The Balaban J connectivity index is 2.00. The number of rotatable bonds is 9. The van der Waals surface area contributed by atoms with Crippen LogP contribution in [0.5, 0.6) is 0 Å². The Bertz CT molecular complexity index is 1130. The molecule has 0 aliphatic carbocycles. The lowest BCUT2D eigenvalue weighted by Gasteiger charge is -2.13.